The molecule has 0 saturated carbocycles. The molecule has 0 amide bonds. The number of anilines is 1. The first-order valence-corrected chi connectivity index (χ1v) is 6.53. The van der Waals surface area contributed by atoms with E-state index in [2.05, 4.69) is 16.0 Å². The topological polar surface area (TPSA) is 61.0 Å². The molecule has 1 aliphatic carbocycles. The summed E-state index contributed by atoms with van der Waals surface area (Å²) in [5, 5.41) is 0. The Hall–Kier alpha value is -2.10. The van der Waals surface area contributed by atoms with Gasteiger partial charge in [-0.15, -0.1) is 0 Å². The number of aryl methyl sites for hydroxylation is 1. The Balaban J connectivity index is 1.89. The van der Waals surface area contributed by atoms with Crippen molar-refractivity contribution in [3.8, 4) is 5.75 Å². The minimum atomic E-state index is 0.653. The number of hydrogen-bond acceptors (Lipinski definition) is 4. The van der Waals surface area contributed by atoms with Crippen LogP contribution in [0.25, 0.3) is 0 Å². The van der Waals surface area contributed by atoms with Gasteiger partial charge >= 0.3 is 0 Å². The van der Waals surface area contributed by atoms with Crippen LogP contribution in [0.5, 0.6) is 5.75 Å². The van der Waals surface area contributed by atoms with Crippen LogP contribution >= 0.6 is 0 Å². The zero-order valence-corrected chi connectivity index (χ0v) is 11.0. The summed E-state index contributed by atoms with van der Waals surface area (Å²) in [6.07, 6.45) is 3.86. The molecular formula is C15H17N3O. The zero-order chi connectivity index (χ0) is 13.2. The molecule has 2 N–H and O–H groups in total. The summed E-state index contributed by atoms with van der Waals surface area (Å²) < 4.78 is 5.22. The summed E-state index contributed by atoms with van der Waals surface area (Å²) in [6, 6.07) is 7.97. The van der Waals surface area contributed by atoms with E-state index >= 15 is 0 Å². The molecule has 4 nitrogen and oxygen atoms in total. The first-order valence-electron chi connectivity index (χ1n) is 6.53. The van der Waals surface area contributed by atoms with Gasteiger partial charge in [-0.1, -0.05) is 12.1 Å². The van der Waals surface area contributed by atoms with Crippen LogP contribution in [0.15, 0.2) is 24.3 Å². The number of benzene rings is 1. The maximum atomic E-state index is 6.01. The van der Waals surface area contributed by atoms with Crippen LogP contribution in [0, 0.1) is 0 Å². The third-order valence-corrected chi connectivity index (χ3v) is 3.51. The van der Waals surface area contributed by atoms with E-state index in [4.69, 9.17) is 10.5 Å². The Morgan fingerprint density at radius 3 is 3.00 bits per heavy atom. The van der Waals surface area contributed by atoms with Crippen molar-refractivity contribution in [3.05, 3.63) is 46.9 Å². The Morgan fingerprint density at radius 2 is 2.16 bits per heavy atom. The largest absolute Gasteiger partial charge is 0.497 e. The second kappa shape index (κ2) is 4.88. The lowest BCUT2D eigenvalue weighted by molar-refractivity contribution is 0.414. The summed E-state index contributed by atoms with van der Waals surface area (Å²) in [6.45, 7) is 0. The van der Waals surface area contributed by atoms with Crippen molar-refractivity contribution in [3.63, 3.8) is 0 Å². The zero-order valence-electron chi connectivity index (χ0n) is 11.0. The third-order valence-electron chi connectivity index (χ3n) is 3.51. The predicted octanol–water partition coefficient (Wildman–Crippen LogP) is 2.15. The van der Waals surface area contributed by atoms with Crippen LogP contribution in [0.1, 0.15) is 29.1 Å². The molecule has 0 unspecified atom stereocenters. The minimum absolute atomic E-state index is 0.653. The highest BCUT2D eigenvalue weighted by Gasteiger charge is 2.17. The van der Waals surface area contributed by atoms with E-state index in [0.717, 1.165) is 47.7 Å². The summed E-state index contributed by atoms with van der Waals surface area (Å²) >= 11 is 0. The number of nitrogens with two attached hydrogens (primary N) is 1. The van der Waals surface area contributed by atoms with Crippen molar-refractivity contribution in [2.75, 3.05) is 12.8 Å². The van der Waals surface area contributed by atoms with Crippen LogP contribution in [0.3, 0.4) is 0 Å². The summed E-state index contributed by atoms with van der Waals surface area (Å²) in [5.74, 6) is 2.30. The predicted molar refractivity (Wildman–Crippen MR) is 74.3 cm³/mol. The fraction of sp³-hybridized carbons (Fsp3) is 0.333. The van der Waals surface area contributed by atoms with E-state index in [9.17, 15) is 0 Å². The molecular weight excluding hydrogens is 238 g/mol. The van der Waals surface area contributed by atoms with Gasteiger partial charge in [0.2, 0.25) is 0 Å². The van der Waals surface area contributed by atoms with Crippen molar-refractivity contribution in [1.82, 2.24) is 9.97 Å². The van der Waals surface area contributed by atoms with E-state index in [-0.39, 0.29) is 0 Å². The maximum absolute atomic E-state index is 6.01. The van der Waals surface area contributed by atoms with Gasteiger partial charge in [0.1, 0.15) is 17.4 Å². The smallest absolute Gasteiger partial charge is 0.135 e. The monoisotopic (exact) mass is 255 g/mol. The lowest BCUT2D eigenvalue weighted by Gasteiger charge is -2.07. The Morgan fingerprint density at radius 1 is 1.26 bits per heavy atom. The van der Waals surface area contributed by atoms with Gasteiger partial charge in [0.25, 0.3) is 0 Å². The number of nitrogens with zero attached hydrogens (tertiary/aromatic N) is 2. The summed E-state index contributed by atoms with van der Waals surface area (Å²) in [5.41, 5.74) is 9.42. The molecule has 1 aliphatic rings. The van der Waals surface area contributed by atoms with Crippen molar-refractivity contribution >= 4 is 5.82 Å². The molecule has 0 aliphatic heterocycles. The molecule has 0 saturated heterocycles. The first kappa shape index (κ1) is 12.0. The number of fused-ring (bicyclic) bond motifs is 1. The number of nitrogen functional groups attached to an aromatic ring is 1. The highest BCUT2D eigenvalue weighted by atomic mass is 16.5. The van der Waals surface area contributed by atoms with Gasteiger partial charge in [-0.3, -0.25) is 0 Å². The van der Waals surface area contributed by atoms with Crippen molar-refractivity contribution in [1.29, 1.82) is 0 Å². The fourth-order valence-corrected chi connectivity index (χ4v) is 2.56. The number of ether oxygens (including phenoxy) is 1. The Bertz CT molecular complexity index is 610. The van der Waals surface area contributed by atoms with Gasteiger partial charge in [-0.05, 0) is 37.0 Å². The number of aromatic nitrogens is 2. The molecule has 0 fully saturated rings. The molecule has 4 heteroatoms. The van der Waals surface area contributed by atoms with Crippen LogP contribution in [0.2, 0.25) is 0 Å². The van der Waals surface area contributed by atoms with E-state index in [1.807, 2.05) is 18.2 Å². The van der Waals surface area contributed by atoms with E-state index in [1.54, 1.807) is 7.11 Å². The SMILES string of the molecule is COc1cccc(Cc2nc(N)c3c(n2)CCC3)c1. The van der Waals surface area contributed by atoms with Gasteiger partial charge < -0.3 is 10.5 Å². The standard InChI is InChI=1S/C15H17N3O/c1-19-11-5-2-4-10(8-11)9-14-17-13-7-3-6-12(13)15(16)18-14/h2,4-5,8H,3,6-7,9H2,1H3,(H2,16,17,18). The normalized spacial score (nSPS) is 13.3. The molecule has 0 spiro atoms. The van der Waals surface area contributed by atoms with Crippen molar-refractivity contribution in [2.45, 2.75) is 25.7 Å². The van der Waals surface area contributed by atoms with Gasteiger partial charge in [-0.25, -0.2) is 9.97 Å². The van der Waals surface area contributed by atoms with Gasteiger partial charge in [-0.2, -0.15) is 0 Å². The van der Waals surface area contributed by atoms with Gasteiger partial charge in [0.15, 0.2) is 0 Å². The molecule has 98 valence electrons. The lowest BCUT2D eigenvalue weighted by atomic mass is 10.1. The second-order valence-corrected chi connectivity index (χ2v) is 4.83. The molecule has 0 radical (unpaired) electrons. The quantitative estimate of drug-likeness (QED) is 0.912. The van der Waals surface area contributed by atoms with Crippen molar-refractivity contribution in [2.24, 2.45) is 0 Å². The van der Waals surface area contributed by atoms with Gasteiger partial charge in [0.05, 0.1) is 7.11 Å². The molecule has 1 heterocycles. The van der Waals surface area contributed by atoms with E-state index in [1.165, 1.54) is 0 Å². The van der Waals surface area contributed by atoms with Crippen LogP contribution in [0.4, 0.5) is 5.82 Å². The van der Waals surface area contributed by atoms with Crippen LogP contribution < -0.4 is 10.5 Å². The highest BCUT2D eigenvalue weighted by Crippen LogP contribution is 2.25. The Labute approximate surface area is 112 Å². The average molecular weight is 255 g/mol. The average Bonchev–Trinajstić information content (AvgIpc) is 2.88. The molecule has 1 aromatic carbocycles. The minimum Gasteiger partial charge on any atom is -0.497 e. The fourth-order valence-electron chi connectivity index (χ4n) is 2.56. The van der Waals surface area contributed by atoms with Crippen LogP contribution in [-0.2, 0) is 19.3 Å². The Kier molecular flexibility index (Phi) is 3.07. The molecule has 2 aromatic rings. The van der Waals surface area contributed by atoms with Crippen molar-refractivity contribution < 1.29 is 4.74 Å². The lowest BCUT2D eigenvalue weighted by Crippen LogP contribution is -2.06. The first-order chi connectivity index (χ1) is 9.26. The molecule has 3 rings (SSSR count). The highest BCUT2D eigenvalue weighted by molar-refractivity contribution is 5.45. The molecule has 0 atom stereocenters. The third kappa shape index (κ3) is 2.38. The number of methoxy groups -OCH3 is 1. The van der Waals surface area contributed by atoms with E-state index in [0.29, 0.717) is 12.2 Å². The molecule has 1 aromatic heterocycles. The second-order valence-electron chi connectivity index (χ2n) is 4.83. The summed E-state index contributed by atoms with van der Waals surface area (Å²) in [4.78, 5) is 9.05. The van der Waals surface area contributed by atoms with Crippen LogP contribution in [-0.4, -0.2) is 17.1 Å². The van der Waals surface area contributed by atoms with Gasteiger partial charge in [0, 0.05) is 17.7 Å². The summed E-state index contributed by atoms with van der Waals surface area (Å²) in [7, 11) is 1.67. The maximum Gasteiger partial charge on any atom is 0.135 e. The number of hydrogen-bond donors (Lipinski definition) is 1. The van der Waals surface area contributed by atoms with E-state index < -0.39 is 0 Å². The number of rotatable bonds is 3. The molecule has 0 bridgehead atoms. The molecule has 19 heavy (non-hydrogen) atoms.